The number of carbonyl (C=O) groups excluding carboxylic acids is 4. The molecule has 2 amide bonds. The summed E-state index contributed by atoms with van der Waals surface area (Å²) in [4.78, 5) is 54.1. The molecule has 0 radical (unpaired) electrons. The number of benzene rings is 1. The Morgan fingerprint density at radius 1 is 1.21 bits per heavy atom. The van der Waals surface area contributed by atoms with E-state index in [-0.39, 0.29) is 34.7 Å². The van der Waals surface area contributed by atoms with Crippen molar-refractivity contribution in [3.8, 4) is 5.75 Å². The molecule has 3 aliphatic carbocycles. The second kappa shape index (κ2) is 9.85. The molecular weight excluding hydrogens is 532 g/mol. The maximum absolute atomic E-state index is 14.0. The minimum absolute atomic E-state index is 0.0319. The van der Waals surface area contributed by atoms with Crippen molar-refractivity contribution in [1.29, 1.82) is 0 Å². The number of nitrogens with two attached hydrogens (primary N) is 1. The Morgan fingerprint density at radius 2 is 1.82 bits per heavy atom. The number of nitrogens with one attached hydrogen (secondary N) is 1. The van der Waals surface area contributed by atoms with Crippen LogP contribution >= 0.6 is 11.6 Å². The standard InChI is InChI=1S/C26H31ClN4O8/c1-5-31(6-2)18-11-7-10-8-12-19(30(3)4)22(35)15(25(28)38)24(37)26(12,39)23(36)13(10)20(33)14(11)21(34)17(16(18)27)29-9-32/h9-10,12,19,34-36,39H,5-8H2,1-4H3,(H2,28,38)(H,29,32)/t10?,12?,19-,26-/m0/s1. The van der Waals surface area contributed by atoms with Crippen LogP contribution in [-0.2, 0) is 20.8 Å². The first-order valence-electron chi connectivity index (χ1n) is 12.5. The van der Waals surface area contributed by atoms with Gasteiger partial charge in [-0.2, -0.15) is 0 Å². The van der Waals surface area contributed by atoms with Crippen molar-refractivity contribution in [3.63, 3.8) is 0 Å². The molecule has 0 aromatic heterocycles. The van der Waals surface area contributed by atoms with Gasteiger partial charge in [0, 0.05) is 24.6 Å². The first-order valence-corrected chi connectivity index (χ1v) is 12.8. The summed E-state index contributed by atoms with van der Waals surface area (Å²) >= 11 is 6.65. The lowest BCUT2D eigenvalue weighted by molar-refractivity contribution is -0.148. The third kappa shape index (κ3) is 3.80. The lowest BCUT2D eigenvalue weighted by Gasteiger charge is -2.50. The number of aliphatic hydroxyl groups excluding tert-OH is 2. The molecule has 2 unspecified atom stereocenters. The summed E-state index contributed by atoms with van der Waals surface area (Å²) in [5.41, 5.74) is 1.83. The van der Waals surface area contributed by atoms with Crippen LogP contribution in [0.5, 0.6) is 5.75 Å². The minimum Gasteiger partial charge on any atom is -0.510 e. The van der Waals surface area contributed by atoms with E-state index in [0.717, 1.165) is 0 Å². The van der Waals surface area contributed by atoms with E-state index in [0.29, 0.717) is 30.8 Å². The molecule has 7 N–H and O–H groups in total. The average Bonchev–Trinajstić information content (AvgIpc) is 2.86. The molecule has 4 rings (SSSR count). The Morgan fingerprint density at radius 3 is 2.33 bits per heavy atom. The van der Waals surface area contributed by atoms with E-state index in [1.165, 1.54) is 4.90 Å². The van der Waals surface area contributed by atoms with Crippen LogP contribution in [0.15, 0.2) is 22.7 Å². The normalized spacial score (nSPS) is 26.3. The van der Waals surface area contributed by atoms with Gasteiger partial charge in [-0.15, -0.1) is 0 Å². The number of phenolic OH excluding ortho intramolecular Hbond substituents is 1. The van der Waals surface area contributed by atoms with E-state index >= 15 is 0 Å². The lowest BCUT2D eigenvalue weighted by Crippen LogP contribution is -2.63. The molecule has 0 saturated carbocycles. The summed E-state index contributed by atoms with van der Waals surface area (Å²) in [5, 5.41) is 47.4. The van der Waals surface area contributed by atoms with Crippen molar-refractivity contribution in [2.24, 2.45) is 17.6 Å². The van der Waals surface area contributed by atoms with Crippen molar-refractivity contribution >= 4 is 46.9 Å². The van der Waals surface area contributed by atoms with Gasteiger partial charge in [0.1, 0.15) is 22.8 Å². The number of anilines is 2. The predicted molar refractivity (Wildman–Crippen MR) is 142 cm³/mol. The highest BCUT2D eigenvalue weighted by molar-refractivity contribution is 6.38. The van der Waals surface area contributed by atoms with Crippen LogP contribution in [0.4, 0.5) is 11.4 Å². The molecule has 0 heterocycles. The molecule has 0 saturated heterocycles. The van der Waals surface area contributed by atoms with E-state index in [1.54, 1.807) is 14.1 Å². The molecule has 12 nitrogen and oxygen atoms in total. The molecule has 1 aromatic rings. The van der Waals surface area contributed by atoms with Crippen molar-refractivity contribution in [2.75, 3.05) is 37.4 Å². The van der Waals surface area contributed by atoms with Crippen LogP contribution in [0.25, 0.3) is 0 Å². The second-order valence-electron chi connectivity index (χ2n) is 10.1. The van der Waals surface area contributed by atoms with E-state index < -0.39 is 63.8 Å². The highest BCUT2D eigenvalue weighted by atomic mass is 35.5. The van der Waals surface area contributed by atoms with Crippen molar-refractivity contribution < 1.29 is 39.6 Å². The highest BCUT2D eigenvalue weighted by Gasteiger charge is 2.63. The van der Waals surface area contributed by atoms with Crippen molar-refractivity contribution in [1.82, 2.24) is 4.90 Å². The van der Waals surface area contributed by atoms with E-state index in [9.17, 15) is 39.6 Å². The van der Waals surface area contributed by atoms with Crippen molar-refractivity contribution in [2.45, 2.75) is 38.3 Å². The maximum atomic E-state index is 14.0. The Bertz CT molecular complexity index is 1370. The number of hydrogen-bond donors (Lipinski definition) is 6. The Kier molecular flexibility index (Phi) is 7.17. The van der Waals surface area contributed by atoms with Gasteiger partial charge in [0.25, 0.3) is 5.91 Å². The number of hydrogen-bond acceptors (Lipinski definition) is 10. The number of aromatic hydroxyl groups is 1. The summed E-state index contributed by atoms with van der Waals surface area (Å²) in [5.74, 6) is -7.58. The zero-order valence-electron chi connectivity index (χ0n) is 21.9. The topological polar surface area (TPSA) is 194 Å². The molecule has 39 heavy (non-hydrogen) atoms. The average molecular weight is 563 g/mol. The Balaban J connectivity index is 2.03. The summed E-state index contributed by atoms with van der Waals surface area (Å²) in [6, 6.07) is -1.09. The van der Waals surface area contributed by atoms with Crippen LogP contribution in [0, 0.1) is 11.8 Å². The number of rotatable bonds is 7. The fourth-order valence-electron chi connectivity index (χ4n) is 6.39. The molecule has 1 aromatic carbocycles. The highest BCUT2D eigenvalue weighted by Crippen LogP contribution is 2.55. The van der Waals surface area contributed by atoms with Crippen LogP contribution in [0.2, 0.25) is 5.02 Å². The molecule has 0 fully saturated rings. The number of nitrogens with zero attached hydrogens (tertiary/aromatic N) is 2. The van der Waals surface area contributed by atoms with Crippen molar-refractivity contribution in [3.05, 3.63) is 38.8 Å². The van der Waals surface area contributed by atoms with Gasteiger partial charge in [-0.3, -0.25) is 24.1 Å². The predicted octanol–water partition coefficient (Wildman–Crippen LogP) is 1.19. The van der Waals surface area contributed by atoms with Gasteiger partial charge in [-0.1, -0.05) is 11.6 Å². The number of allylic oxidation sites excluding steroid dienone is 1. The number of carbonyl (C=O) groups is 4. The van der Waals surface area contributed by atoms with Crippen LogP contribution < -0.4 is 16.0 Å². The van der Waals surface area contributed by atoms with Crippen LogP contribution in [0.3, 0.4) is 0 Å². The minimum atomic E-state index is -2.74. The first-order chi connectivity index (χ1) is 18.3. The maximum Gasteiger partial charge on any atom is 0.255 e. The van der Waals surface area contributed by atoms with Gasteiger partial charge in [0.2, 0.25) is 12.2 Å². The molecule has 4 atom stereocenters. The van der Waals surface area contributed by atoms with Gasteiger partial charge >= 0.3 is 0 Å². The van der Waals surface area contributed by atoms with E-state index in [2.05, 4.69) is 5.32 Å². The number of Topliss-reactive ketones (excluding diaryl/α,β-unsaturated/α-hetero) is 2. The summed E-state index contributed by atoms with van der Waals surface area (Å²) < 4.78 is 0. The number of aliphatic hydroxyl groups is 3. The Labute approximate surface area is 229 Å². The van der Waals surface area contributed by atoms with Crippen LogP contribution in [-0.4, -0.2) is 88.0 Å². The second-order valence-corrected chi connectivity index (χ2v) is 10.5. The SMILES string of the molecule is CCN(CC)c1c(Cl)c(NC=O)c(O)c2c1CC1CC3[C@H](N(C)C)C(O)=C(C(N)=O)C(=O)[C@@]3(O)C(O)=C1C2=O. The monoisotopic (exact) mass is 562 g/mol. The van der Waals surface area contributed by atoms with Gasteiger partial charge in [-0.25, -0.2) is 0 Å². The number of fused-ring (bicyclic) bond motifs is 3. The third-order valence-corrected chi connectivity index (χ3v) is 8.45. The van der Waals surface area contributed by atoms with Crippen LogP contribution in [0.1, 0.15) is 36.2 Å². The fourth-order valence-corrected chi connectivity index (χ4v) is 6.77. The van der Waals surface area contributed by atoms with E-state index in [1.807, 2.05) is 18.7 Å². The van der Waals surface area contributed by atoms with Gasteiger partial charge in [-0.05, 0) is 52.3 Å². The molecular formula is C26H31ClN4O8. The largest absolute Gasteiger partial charge is 0.510 e. The zero-order chi connectivity index (χ0) is 29.1. The summed E-state index contributed by atoms with van der Waals surface area (Å²) in [6.45, 7) is 4.70. The Hall–Kier alpha value is -3.61. The number of amides is 2. The number of likely N-dealkylation sites (N-methyl/N-ethyl adjacent to an activating group) is 1. The van der Waals surface area contributed by atoms with E-state index in [4.69, 9.17) is 17.3 Å². The van der Waals surface area contributed by atoms with Gasteiger partial charge in [0.15, 0.2) is 17.1 Å². The molecule has 0 aliphatic heterocycles. The molecule has 210 valence electrons. The fraction of sp³-hybridized carbons (Fsp3) is 0.462. The number of primary amides is 1. The number of ketones is 2. The molecule has 3 aliphatic rings. The number of phenols is 1. The number of halogens is 1. The molecule has 0 spiro atoms. The zero-order valence-corrected chi connectivity index (χ0v) is 22.7. The molecule has 13 heteroatoms. The third-order valence-electron chi connectivity index (χ3n) is 8.09. The van der Waals surface area contributed by atoms with Gasteiger partial charge < -0.3 is 36.4 Å². The first kappa shape index (κ1) is 28.4. The smallest absolute Gasteiger partial charge is 0.255 e. The van der Waals surface area contributed by atoms with Gasteiger partial charge in [0.05, 0.1) is 22.3 Å². The molecule has 0 bridgehead atoms. The quantitative estimate of drug-likeness (QED) is 0.160. The summed E-state index contributed by atoms with van der Waals surface area (Å²) in [7, 11) is 3.12. The summed E-state index contributed by atoms with van der Waals surface area (Å²) in [6.07, 6.45) is 0.331. The lowest BCUT2D eigenvalue weighted by atomic mass is 9.58.